The van der Waals surface area contributed by atoms with Crippen LogP contribution in [0.4, 0.5) is 5.69 Å². The maximum Gasteiger partial charge on any atom is 0.269 e. The van der Waals surface area contributed by atoms with Crippen molar-refractivity contribution in [2.45, 2.75) is 18.8 Å². The van der Waals surface area contributed by atoms with E-state index in [9.17, 15) is 24.5 Å². The van der Waals surface area contributed by atoms with Gasteiger partial charge in [0.1, 0.15) is 5.76 Å². The molecule has 5 rings (SSSR count). The van der Waals surface area contributed by atoms with Crippen LogP contribution in [0.25, 0.3) is 0 Å². The van der Waals surface area contributed by atoms with Gasteiger partial charge in [0, 0.05) is 47.6 Å². The molecular formula is C22H13NO6. The molecule has 1 heterocycles. The van der Waals surface area contributed by atoms with Crippen molar-refractivity contribution in [1.82, 2.24) is 0 Å². The molecule has 3 aliphatic rings. The van der Waals surface area contributed by atoms with Crippen LogP contribution in [0.3, 0.4) is 0 Å². The van der Waals surface area contributed by atoms with Gasteiger partial charge in [0.25, 0.3) is 5.69 Å². The van der Waals surface area contributed by atoms with Gasteiger partial charge in [-0.15, -0.1) is 0 Å². The molecular weight excluding hydrogens is 374 g/mol. The minimum absolute atomic E-state index is 0.0505. The van der Waals surface area contributed by atoms with Crippen molar-refractivity contribution in [3.8, 4) is 0 Å². The molecule has 0 bridgehead atoms. The summed E-state index contributed by atoms with van der Waals surface area (Å²) in [6.07, 6.45) is 0.599. The number of nitrogens with zero attached hydrogens (tertiary/aromatic N) is 1. The molecule has 0 radical (unpaired) electrons. The summed E-state index contributed by atoms with van der Waals surface area (Å²) in [5.74, 6) is -1.34. The second kappa shape index (κ2) is 6.07. The van der Waals surface area contributed by atoms with Gasteiger partial charge in [-0.1, -0.05) is 36.4 Å². The summed E-state index contributed by atoms with van der Waals surface area (Å²) in [5, 5.41) is 11.0. The van der Waals surface area contributed by atoms with E-state index in [1.54, 1.807) is 24.3 Å². The van der Waals surface area contributed by atoms with Gasteiger partial charge < -0.3 is 4.74 Å². The first-order chi connectivity index (χ1) is 14.0. The number of carbonyl (C=O) groups is 3. The van der Waals surface area contributed by atoms with Crippen LogP contribution in [0.1, 0.15) is 45.0 Å². The SMILES string of the molecule is O=C1CCC2=C1C(c1ccc([N+](=O)[O-])cc1)C1=C(O2)C(=O)c2ccccc2C1=O. The smallest absolute Gasteiger partial charge is 0.269 e. The third-order valence-corrected chi connectivity index (χ3v) is 5.53. The van der Waals surface area contributed by atoms with Crippen molar-refractivity contribution in [3.05, 3.63) is 98.0 Å². The summed E-state index contributed by atoms with van der Waals surface area (Å²) in [4.78, 5) is 49.5. The lowest BCUT2D eigenvalue weighted by molar-refractivity contribution is -0.384. The zero-order valence-electron chi connectivity index (χ0n) is 15.0. The van der Waals surface area contributed by atoms with E-state index >= 15 is 0 Å². The van der Waals surface area contributed by atoms with E-state index in [0.717, 1.165) is 0 Å². The molecule has 2 aromatic carbocycles. The highest BCUT2D eigenvalue weighted by Crippen LogP contribution is 2.48. The second-order valence-electron chi connectivity index (χ2n) is 7.09. The Hall–Kier alpha value is -3.87. The minimum Gasteiger partial charge on any atom is -0.457 e. The Morgan fingerprint density at radius 2 is 1.52 bits per heavy atom. The molecule has 0 spiro atoms. The fourth-order valence-electron chi connectivity index (χ4n) is 4.20. The number of hydrogen-bond donors (Lipinski definition) is 0. The van der Waals surface area contributed by atoms with Crippen LogP contribution in [-0.4, -0.2) is 22.3 Å². The number of ketones is 3. The third kappa shape index (κ3) is 2.40. The van der Waals surface area contributed by atoms with E-state index in [4.69, 9.17) is 4.74 Å². The topological polar surface area (TPSA) is 104 Å². The van der Waals surface area contributed by atoms with Crippen LogP contribution in [0.5, 0.6) is 0 Å². The Balaban J connectivity index is 1.72. The van der Waals surface area contributed by atoms with Gasteiger partial charge in [-0.05, 0) is 5.56 Å². The average molecular weight is 387 g/mol. The summed E-state index contributed by atoms with van der Waals surface area (Å²) < 4.78 is 5.80. The van der Waals surface area contributed by atoms with Gasteiger partial charge in [-0.25, -0.2) is 0 Å². The van der Waals surface area contributed by atoms with Crippen LogP contribution in [0.2, 0.25) is 0 Å². The first-order valence-corrected chi connectivity index (χ1v) is 9.08. The summed E-state index contributed by atoms with van der Waals surface area (Å²) in [7, 11) is 0. The Bertz CT molecular complexity index is 1200. The van der Waals surface area contributed by atoms with Crippen molar-refractivity contribution >= 4 is 23.0 Å². The highest BCUT2D eigenvalue weighted by atomic mass is 16.6. The molecule has 0 N–H and O–H groups in total. The maximum atomic E-state index is 13.3. The normalized spacial score (nSPS) is 20.3. The number of benzene rings is 2. The Morgan fingerprint density at radius 3 is 2.17 bits per heavy atom. The summed E-state index contributed by atoms with van der Waals surface area (Å²) in [5.41, 5.74) is 1.45. The van der Waals surface area contributed by atoms with Crippen LogP contribution in [0.15, 0.2) is 71.2 Å². The number of ether oxygens (including phenoxy) is 1. The summed E-state index contributed by atoms with van der Waals surface area (Å²) >= 11 is 0. The molecule has 1 atom stereocenters. The van der Waals surface area contributed by atoms with Gasteiger partial charge >= 0.3 is 0 Å². The molecule has 7 heteroatoms. The first kappa shape index (κ1) is 17.2. The van der Waals surface area contributed by atoms with E-state index in [1.165, 1.54) is 24.3 Å². The van der Waals surface area contributed by atoms with E-state index in [-0.39, 0.29) is 46.1 Å². The molecule has 2 aliphatic carbocycles. The maximum absolute atomic E-state index is 13.3. The standard InChI is InChI=1S/C22H13NO6/c24-15-9-10-16-18(15)17(11-5-7-12(8-6-11)23(27)28)19-20(25)13-3-1-2-4-14(13)21(26)22(19)29-16/h1-8,17H,9-10H2. The molecule has 142 valence electrons. The molecule has 2 aromatic rings. The van der Waals surface area contributed by atoms with Crippen LogP contribution in [-0.2, 0) is 9.53 Å². The van der Waals surface area contributed by atoms with Crippen molar-refractivity contribution in [1.29, 1.82) is 0 Å². The molecule has 1 unspecified atom stereocenters. The lowest BCUT2D eigenvalue weighted by Gasteiger charge is -2.31. The van der Waals surface area contributed by atoms with Crippen molar-refractivity contribution in [2.24, 2.45) is 0 Å². The largest absolute Gasteiger partial charge is 0.457 e. The Labute approximate surface area is 164 Å². The van der Waals surface area contributed by atoms with Crippen molar-refractivity contribution < 1.29 is 24.0 Å². The average Bonchev–Trinajstić information content (AvgIpc) is 3.11. The van der Waals surface area contributed by atoms with Gasteiger partial charge in [0.2, 0.25) is 5.78 Å². The van der Waals surface area contributed by atoms with E-state index < -0.39 is 16.6 Å². The van der Waals surface area contributed by atoms with E-state index in [0.29, 0.717) is 23.3 Å². The van der Waals surface area contributed by atoms with E-state index in [1.807, 2.05) is 0 Å². The van der Waals surface area contributed by atoms with Crippen LogP contribution < -0.4 is 0 Å². The summed E-state index contributed by atoms with van der Waals surface area (Å²) in [6.45, 7) is 0. The zero-order chi connectivity index (χ0) is 20.3. The van der Waals surface area contributed by atoms with Gasteiger partial charge in [0.05, 0.1) is 10.5 Å². The minimum atomic E-state index is -0.783. The third-order valence-electron chi connectivity index (χ3n) is 5.53. The molecule has 29 heavy (non-hydrogen) atoms. The zero-order valence-corrected chi connectivity index (χ0v) is 15.0. The number of rotatable bonds is 2. The number of fused-ring (bicyclic) bond motifs is 1. The Morgan fingerprint density at radius 1 is 0.862 bits per heavy atom. The number of hydrogen-bond acceptors (Lipinski definition) is 6. The fourth-order valence-corrected chi connectivity index (χ4v) is 4.20. The number of Topliss-reactive ketones (excluding diaryl/α,β-unsaturated/α-hetero) is 3. The molecule has 0 saturated carbocycles. The molecule has 0 saturated heterocycles. The number of carbonyl (C=O) groups excluding carboxylic acids is 3. The molecule has 0 fully saturated rings. The monoisotopic (exact) mass is 387 g/mol. The number of allylic oxidation sites excluding steroid dienone is 4. The fraction of sp³-hybridized carbons (Fsp3) is 0.136. The molecule has 0 aromatic heterocycles. The molecule has 0 amide bonds. The number of non-ortho nitro benzene ring substituents is 1. The van der Waals surface area contributed by atoms with Gasteiger partial charge in [-0.3, -0.25) is 24.5 Å². The lowest BCUT2D eigenvalue weighted by Crippen LogP contribution is -2.31. The number of nitro benzene ring substituents is 1. The predicted molar refractivity (Wildman–Crippen MR) is 100 cm³/mol. The van der Waals surface area contributed by atoms with E-state index in [2.05, 4.69) is 0 Å². The predicted octanol–water partition coefficient (Wildman–Crippen LogP) is 3.66. The first-order valence-electron chi connectivity index (χ1n) is 9.08. The molecule has 1 aliphatic heterocycles. The van der Waals surface area contributed by atoms with Crippen molar-refractivity contribution in [3.63, 3.8) is 0 Å². The van der Waals surface area contributed by atoms with Crippen LogP contribution >= 0.6 is 0 Å². The second-order valence-corrected chi connectivity index (χ2v) is 7.09. The van der Waals surface area contributed by atoms with Crippen molar-refractivity contribution in [2.75, 3.05) is 0 Å². The quantitative estimate of drug-likeness (QED) is 0.575. The Kier molecular flexibility index (Phi) is 3.61. The highest BCUT2D eigenvalue weighted by Gasteiger charge is 2.47. The number of nitro groups is 1. The van der Waals surface area contributed by atoms with Crippen LogP contribution in [0, 0.1) is 10.1 Å². The summed E-state index contributed by atoms with van der Waals surface area (Å²) in [6, 6.07) is 12.2. The highest BCUT2D eigenvalue weighted by molar-refractivity contribution is 6.27. The van der Waals surface area contributed by atoms with Gasteiger partial charge in [-0.2, -0.15) is 0 Å². The lowest BCUT2D eigenvalue weighted by atomic mass is 9.74. The molecule has 7 nitrogen and oxygen atoms in total. The van der Waals surface area contributed by atoms with Gasteiger partial charge in [0.15, 0.2) is 17.3 Å².